The maximum atomic E-state index is 12.7. The van der Waals surface area contributed by atoms with Crippen molar-refractivity contribution in [3.05, 3.63) is 137 Å². The predicted octanol–water partition coefficient (Wildman–Crippen LogP) is 3.30. The Balaban J connectivity index is 1.26. The van der Waals surface area contributed by atoms with Gasteiger partial charge in [-0.05, 0) is 64.7 Å². The Hall–Kier alpha value is -7.54. The molecule has 28 heteroatoms. The van der Waals surface area contributed by atoms with Crippen molar-refractivity contribution in [3.63, 3.8) is 0 Å². The van der Waals surface area contributed by atoms with E-state index in [9.17, 15) is 59.0 Å². The fourth-order valence-corrected chi connectivity index (χ4v) is 8.46. The molecule has 0 saturated carbocycles. The van der Waals surface area contributed by atoms with E-state index in [1.807, 2.05) is 0 Å². The number of aliphatic hydroxyl groups is 2. The molecule has 4 aromatic carbocycles. The predicted molar refractivity (Wildman–Crippen MR) is 250 cm³/mol. The van der Waals surface area contributed by atoms with Crippen LogP contribution >= 0.6 is 0 Å². The number of carbonyl (C=O) groups is 1. The summed E-state index contributed by atoms with van der Waals surface area (Å²) >= 11 is 0. The van der Waals surface area contributed by atoms with Gasteiger partial charge in [0, 0.05) is 37.3 Å². The molecule has 0 radical (unpaired) electrons. The maximum absolute atomic E-state index is 12.7. The average molecular weight is 1020 g/mol. The molecule has 6 rings (SSSR count). The minimum atomic E-state index is -4.83. The maximum Gasteiger partial charge on any atom is 0.334 e. The molecule has 6 aromatic rings. The van der Waals surface area contributed by atoms with Crippen molar-refractivity contribution in [1.82, 2.24) is 29.9 Å². The Bertz CT molecular complexity index is 3270. The number of nitrogens with zero attached hydrogens (tertiary/aromatic N) is 7. The van der Waals surface area contributed by atoms with E-state index < -0.39 is 62.8 Å². The standard InChI is InChI=1S/C42H42N10O15S3/c1-25(67-57)37(38(55)56)49-41-47-36(23-29-5-2-3-8-33(29)69(61,62)63)46-39(50-41)43-30-15-11-26(12-16-30)9-13-28-14-10-27(21-34(28)70(64,65)66)22-35-45-40(51-42(48-35)52(17-19-53)18-20-54)44-31-6-4-7-32(24-31)68(58,59)60/h2-16,21,24,37,53-54,57H,1,17-20,22-23H2,(H,55,56)(H,58,59,60)(H,61,62,63)(H,64,65,66)(H,44,45,48,51)(H2,43,46,47,49,50)/b13-9+. The zero-order valence-corrected chi connectivity index (χ0v) is 38.5. The quantitative estimate of drug-likeness (QED) is 0.0145. The van der Waals surface area contributed by atoms with Crippen LogP contribution in [0.25, 0.3) is 12.2 Å². The van der Waals surface area contributed by atoms with Crippen LogP contribution in [0.2, 0.25) is 0 Å². The first-order valence-corrected chi connectivity index (χ1v) is 24.5. The van der Waals surface area contributed by atoms with Gasteiger partial charge in [0.2, 0.25) is 23.8 Å². The highest BCUT2D eigenvalue weighted by Gasteiger charge is 2.26. The lowest BCUT2D eigenvalue weighted by atomic mass is 10.1. The minimum Gasteiger partial charge on any atom is -0.479 e. The highest BCUT2D eigenvalue weighted by Crippen LogP contribution is 2.26. The van der Waals surface area contributed by atoms with Crippen molar-refractivity contribution in [2.24, 2.45) is 0 Å². The summed E-state index contributed by atoms with van der Waals surface area (Å²) in [5, 5.41) is 46.3. The second-order valence-corrected chi connectivity index (χ2v) is 18.9. The molecular weight excluding hydrogens is 981 g/mol. The second kappa shape index (κ2) is 22.3. The molecule has 10 N–H and O–H groups in total. The summed E-state index contributed by atoms with van der Waals surface area (Å²) in [5.41, 5.74) is 1.59. The monoisotopic (exact) mass is 1020 g/mol. The van der Waals surface area contributed by atoms with Gasteiger partial charge in [0.25, 0.3) is 30.4 Å². The minimum absolute atomic E-state index is 0.00215. The Morgan fingerprint density at radius 3 is 1.93 bits per heavy atom. The second-order valence-electron chi connectivity index (χ2n) is 14.7. The van der Waals surface area contributed by atoms with E-state index in [0.717, 1.165) is 6.07 Å². The number of aliphatic carboxylic acids is 1. The first-order chi connectivity index (χ1) is 33.1. The third-order valence-corrected chi connectivity index (χ3v) is 12.4. The molecule has 0 spiro atoms. The van der Waals surface area contributed by atoms with Gasteiger partial charge >= 0.3 is 5.97 Å². The van der Waals surface area contributed by atoms with Gasteiger partial charge in [0.15, 0.2) is 11.8 Å². The molecule has 70 heavy (non-hydrogen) atoms. The van der Waals surface area contributed by atoms with E-state index in [0.29, 0.717) is 16.8 Å². The first-order valence-electron chi connectivity index (χ1n) is 20.1. The number of carboxylic acid groups (broad SMARTS) is 1. The van der Waals surface area contributed by atoms with Crippen molar-refractivity contribution in [2.75, 3.05) is 47.2 Å². The van der Waals surface area contributed by atoms with Crippen molar-refractivity contribution in [3.8, 4) is 0 Å². The number of anilines is 6. The van der Waals surface area contributed by atoms with Gasteiger partial charge in [-0.25, -0.2) is 10.1 Å². The van der Waals surface area contributed by atoms with Gasteiger partial charge in [-0.15, -0.1) is 0 Å². The molecule has 0 aliphatic heterocycles. The van der Waals surface area contributed by atoms with Crippen LogP contribution in [0.15, 0.2) is 118 Å². The Labute approximate surface area is 399 Å². The summed E-state index contributed by atoms with van der Waals surface area (Å²) in [5.74, 6) is -2.77. The number of carboxylic acids is 1. The van der Waals surface area contributed by atoms with Gasteiger partial charge in [0.1, 0.15) is 16.5 Å². The van der Waals surface area contributed by atoms with Crippen LogP contribution in [0.1, 0.15) is 33.9 Å². The van der Waals surface area contributed by atoms with E-state index >= 15 is 0 Å². The summed E-state index contributed by atoms with van der Waals surface area (Å²) in [6.07, 6.45) is 2.58. The van der Waals surface area contributed by atoms with Crippen molar-refractivity contribution in [2.45, 2.75) is 33.6 Å². The van der Waals surface area contributed by atoms with Crippen molar-refractivity contribution >= 4 is 83.6 Å². The Morgan fingerprint density at radius 2 is 1.30 bits per heavy atom. The third kappa shape index (κ3) is 14.0. The number of aliphatic hydroxyl groups excluding tert-OH is 2. The molecule has 0 aliphatic carbocycles. The molecule has 0 saturated heterocycles. The largest absolute Gasteiger partial charge is 0.479 e. The fourth-order valence-electron chi connectivity index (χ4n) is 6.48. The summed E-state index contributed by atoms with van der Waals surface area (Å²) in [6, 6.07) is 19.5. The summed E-state index contributed by atoms with van der Waals surface area (Å²) in [6.45, 7) is 2.67. The average Bonchev–Trinajstić information content (AvgIpc) is 3.29. The van der Waals surface area contributed by atoms with Crippen LogP contribution in [0.4, 0.5) is 35.2 Å². The lowest BCUT2D eigenvalue weighted by Crippen LogP contribution is -2.32. The number of hydrogen-bond acceptors (Lipinski definition) is 21. The molecule has 1 atom stereocenters. The highest BCUT2D eigenvalue weighted by atomic mass is 32.2. The first kappa shape index (κ1) is 51.8. The smallest absolute Gasteiger partial charge is 0.334 e. The molecule has 0 aliphatic rings. The van der Waals surface area contributed by atoms with Crippen molar-refractivity contribution in [1.29, 1.82) is 0 Å². The molecule has 2 aromatic heterocycles. The summed E-state index contributed by atoms with van der Waals surface area (Å²) in [4.78, 5) is 42.0. The van der Waals surface area contributed by atoms with Crippen LogP contribution < -0.4 is 20.9 Å². The topological polar surface area (TPSA) is 387 Å². The van der Waals surface area contributed by atoms with E-state index in [1.54, 1.807) is 36.4 Å². The number of nitrogens with one attached hydrogen (secondary N) is 3. The van der Waals surface area contributed by atoms with Gasteiger partial charge < -0.3 is 41.1 Å². The van der Waals surface area contributed by atoms with Crippen molar-refractivity contribution < 1.29 is 69.2 Å². The number of rotatable bonds is 23. The van der Waals surface area contributed by atoms with Gasteiger partial charge in [0.05, 0.1) is 23.0 Å². The normalized spacial score (nSPS) is 12.3. The van der Waals surface area contributed by atoms with E-state index in [1.165, 1.54) is 65.6 Å². The molecule has 0 fully saturated rings. The van der Waals surface area contributed by atoms with Crippen LogP contribution in [0, 0.1) is 0 Å². The fraction of sp³-hybridized carbons (Fsp3) is 0.167. The van der Waals surface area contributed by atoms with Crippen LogP contribution in [-0.4, -0.2) is 128 Å². The molecule has 0 amide bonds. The highest BCUT2D eigenvalue weighted by molar-refractivity contribution is 7.86. The molecule has 25 nitrogen and oxygen atoms in total. The number of aromatic nitrogens is 6. The molecule has 1 unspecified atom stereocenters. The lowest BCUT2D eigenvalue weighted by Gasteiger charge is -2.21. The van der Waals surface area contributed by atoms with Crippen LogP contribution in [0.5, 0.6) is 0 Å². The molecule has 2 heterocycles. The van der Waals surface area contributed by atoms with E-state index in [-0.39, 0.29) is 91.4 Å². The number of hydrogen-bond donors (Lipinski definition) is 10. The molecule has 368 valence electrons. The zero-order valence-electron chi connectivity index (χ0n) is 36.1. The lowest BCUT2D eigenvalue weighted by molar-refractivity contribution is -0.207. The molecular formula is C42H42N10O15S3. The van der Waals surface area contributed by atoms with Gasteiger partial charge in [-0.2, -0.15) is 55.2 Å². The Morgan fingerprint density at radius 1 is 0.671 bits per heavy atom. The summed E-state index contributed by atoms with van der Waals surface area (Å²) in [7, 11) is -14.1. The summed E-state index contributed by atoms with van der Waals surface area (Å²) < 4.78 is 103. The van der Waals surface area contributed by atoms with E-state index in [4.69, 9.17) is 5.26 Å². The van der Waals surface area contributed by atoms with Crippen LogP contribution in [-0.2, 0) is 52.9 Å². The zero-order chi connectivity index (χ0) is 50.8. The SMILES string of the molecule is C=C(OO)C(Nc1nc(Cc2ccccc2S(=O)(=O)O)nc(Nc2ccc(/C=C/c3ccc(Cc4nc(Nc5cccc(S(=O)(=O)O)c5)nc(N(CCO)CCO)n4)cc3S(=O)(=O)O)cc2)n1)C(=O)O. The molecule has 0 bridgehead atoms. The van der Waals surface area contributed by atoms with Gasteiger partial charge in [-0.1, -0.05) is 67.3 Å². The third-order valence-electron chi connectivity index (χ3n) is 9.66. The Kier molecular flexibility index (Phi) is 16.5. The van der Waals surface area contributed by atoms with Gasteiger partial charge in [-0.3, -0.25) is 13.7 Å². The van der Waals surface area contributed by atoms with Crippen LogP contribution in [0.3, 0.4) is 0 Å². The number of benzene rings is 4. The van der Waals surface area contributed by atoms with E-state index in [2.05, 4.69) is 57.3 Å².